The summed E-state index contributed by atoms with van der Waals surface area (Å²) in [6.45, 7) is 6.36. The fraction of sp³-hybridized carbons (Fsp3) is 0.364. The molecule has 13 heavy (non-hydrogen) atoms. The molecule has 0 aliphatic rings. The van der Waals surface area contributed by atoms with E-state index in [9.17, 15) is 0 Å². The molecule has 2 aromatic rings. The number of rotatable bonds is 1. The zero-order valence-electron chi connectivity index (χ0n) is 8.33. The quantitative estimate of drug-likeness (QED) is 0.649. The highest BCUT2D eigenvalue weighted by Crippen LogP contribution is 2.14. The molecule has 0 saturated heterocycles. The number of hydrogen-bond acceptors (Lipinski definition) is 1. The molecule has 0 bridgehead atoms. The molecule has 0 radical (unpaired) electrons. The van der Waals surface area contributed by atoms with Crippen molar-refractivity contribution in [1.29, 1.82) is 0 Å². The smallest absolute Gasteiger partial charge is 0.140 e. The van der Waals surface area contributed by atoms with Crippen molar-refractivity contribution >= 4 is 5.65 Å². The number of nitrogens with zero attached hydrogens (tertiary/aromatic N) is 2. The van der Waals surface area contributed by atoms with Crippen LogP contribution in [0.5, 0.6) is 0 Å². The van der Waals surface area contributed by atoms with E-state index in [1.807, 2.05) is 0 Å². The van der Waals surface area contributed by atoms with Crippen molar-refractivity contribution < 1.29 is 0 Å². The van der Waals surface area contributed by atoms with E-state index >= 15 is 0 Å². The van der Waals surface area contributed by atoms with Crippen molar-refractivity contribution in [2.75, 3.05) is 0 Å². The summed E-state index contributed by atoms with van der Waals surface area (Å²) in [4.78, 5) is 4.59. The van der Waals surface area contributed by atoms with Crippen LogP contribution in [0.3, 0.4) is 0 Å². The van der Waals surface area contributed by atoms with E-state index < -0.39 is 0 Å². The minimum atomic E-state index is 1.01. The maximum absolute atomic E-state index is 4.59. The van der Waals surface area contributed by atoms with Gasteiger partial charge in [-0.2, -0.15) is 0 Å². The largest absolute Gasteiger partial charge is 0.304 e. The van der Waals surface area contributed by atoms with Crippen molar-refractivity contribution in [3.63, 3.8) is 0 Å². The topological polar surface area (TPSA) is 17.3 Å². The van der Waals surface area contributed by atoms with E-state index in [2.05, 4.69) is 48.5 Å². The Morgan fingerprint density at radius 1 is 1.38 bits per heavy atom. The van der Waals surface area contributed by atoms with E-state index in [0.29, 0.717) is 0 Å². The minimum Gasteiger partial charge on any atom is -0.304 e. The molecule has 0 spiro atoms. The standard InChI is InChI=1S/C11H14N2/c1-4-10-9(3)13-7-5-6-8(2)11(13)12-10/h5-7H,4H2,1-3H3. The van der Waals surface area contributed by atoms with Crippen LogP contribution in [0.1, 0.15) is 23.9 Å². The first-order chi connectivity index (χ1) is 6.24. The molecule has 0 fully saturated rings. The molecule has 2 rings (SSSR count). The summed E-state index contributed by atoms with van der Waals surface area (Å²) in [6.07, 6.45) is 3.08. The minimum absolute atomic E-state index is 1.01. The summed E-state index contributed by atoms with van der Waals surface area (Å²) in [7, 11) is 0. The molecule has 0 N–H and O–H groups in total. The Balaban J connectivity index is 2.83. The van der Waals surface area contributed by atoms with Gasteiger partial charge in [0.15, 0.2) is 0 Å². The summed E-state index contributed by atoms with van der Waals surface area (Å²) >= 11 is 0. The van der Waals surface area contributed by atoms with Crippen LogP contribution >= 0.6 is 0 Å². The monoisotopic (exact) mass is 174 g/mol. The fourth-order valence-electron chi connectivity index (χ4n) is 1.70. The molecular formula is C11H14N2. The highest BCUT2D eigenvalue weighted by molar-refractivity contribution is 5.50. The van der Waals surface area contributed by atoms with Gasteiger partial charge in [0.25, 0.3) is 0 Å². The van der Waals surface area contributed by atoms with Crippen molar-refractivity contribution in [1.82, 2.24) is 9.38 Å². The summed E-state index contributed by atoms with van der Waals surface area (Å²) in [5.41, 5.74) is 4.80. The molecule has 0 atom stereocenters. The van der Waals surface area contributed by atoms with Gasteiger partial charge in [-0.3, -0.25) is 0 Å². The summed E-state index contributed by atoms with van der Waals surface area (Å²) < 4.78 is 2.16. The van der Waals surface area contributed by atoms with E-state index in [-0.39, 0.29) is 0 Å². The molecule has 2 aromatic heterocycles. The van der Waals surface area contributed by atoms with Crippen LogP contribution in [0.15, 0.2) is 18.3 Å². The predicted molar refractivity (Wildman–Crippen MR) is 54.0 cm³/mol. The molecule has 0 saturated carbocycles. The molecule has 2 nitrogen and oxygen atoms in total. The van der Waals surface area contributed by atoms with E-state index in [1.54, 1.807) is 0 Å². The van der Waals surface area contributed by atoms with Crippen LogP contribution in [0.25, 0.3) is 5.65 Å². The van der Waals surface area contributed by atoms with E-state index in [0.717, 1.165) is 12.1 Å². The number of pyridine rings is 1. The lowest BCUT2D eigenvalue weighted by Crippen LogP contribution is -1.88. The zero-order chi connectivity index (χ0) is 9.42. The maximum atomic E-state index is 4.59. The Hall–Kier alpha value is -1.31. The first-order valence-corrected chi connectivity index (χ1v) is 4.67. The SMILES string of the molecule is CCc1nc2c(C)cccn2c1C. The normalized spacial score (nSPS) is 11.0. The van der Waals surface area contributed by atoms with Gasteiger partial charge >= 0.3 is 0 Å². The first-order valence-electron chi connectivity index (χ1n) is 4.67. The van der Waals surface area contributed by atoms with Crippen LogP contribution in [-0.2, 0) is 6.42 Å². The van der Waals surface area contributed by atoms with Crippen molar-refractivity contribution in [2.45, 2.75) is 27.2 Å². The Bertz CT molecular complexity index is 441. The number of aryl methyl sites for hydroxylation is 3. The highest BCUT2D eigenvalue weighted by atomic mass is 15.0. The average Bonchev–Trinajstić information content (AvgIpc) is 2.45. The Morgan fingerprint density at radius 2 is 2.15 bits per heavy atom. The Morgan fingerprint density at radius 3 is 2.77 bits per heavy atom. The van der Waals surface area contributed by atoms with Crippen LogP contribution in [0.4, 0.5) is 0 Å². The Labute approximate surface area is 78.2 Å². The van der Waals surface area contributed by atoms with Gasteiger partial charge in [-0.1, -0.05) is 13.0 Å². The van der Waals surface area contributed by atoms with Gasteiger partial charge in [0.2, 0.25) is 0 Å². The highest BCUT2D eigenvalue weighted by Gasteiger charge is 2.06. The molecule has 0 unspecified atom stereocenters. The van der Waals surface area contributed by atoms with Gasteiger partial charge in [0, 0.05) is 11.9 Å². The lowest BCUT2D eigenvalue weighted by atomic mass is 10.3. The summed E-state index contributed by atoms with van der Waals surface area (Å²) in [5.74, 6) is 0. The second-order valence-electron chi connectivity index (χ2n) is 3.38. The van der Waals surface area contributed by atoms with Crippen LogP contribution < -0.4 is 0 Å². The molecule has 68 valence electrons. The Kier molecular flexibility index (Phi) is 1.83. The lowest BCUT2D eigenvalue weighted by molar-refractivity contribution is 1.02. The summed E-state index contributed by atoms with van der Waals surface area (Å²) in [5, 5.41) is 0. The van der Waals surface area contributed by atoms with Gasteiger partial charge in [-0.15, -0.1) is 0 Å². The second kappa shape index (κ2) is 2.87. The first kappa shape index (κ1) is 8.30. The number of fused-ring (bicyclic) bond motifs is 1. The van der Waals surface area contributed by atoms with Crippen LogP contribution in [0, 0.1) is 13.8 Å². The maximum Gasteiger partial charge on any atom is 0.140 e. The lowest BCUT2D eigenvalue weighted by Gasteiger charge is -1.97. The van der Waals surface area contributed by atoms with E-state index in [1.165, 1.54) is 17.0 Å². The average molecular weight is 174 g/mol. The van der Waals surface area contributed by atoms with Gasteiger partial charge in [0.05, 0.1) is 5.69 Å². The molecule has 0 amide bonds. The third-order valence-electron chi connectivity index (χ3n) is 2.52. The van der Waals surface area contributed by atoms with Crippen LogP contribution in [0.2, 0.25) is 0 Å². The molecule has 0 aliphatic heterocycles. The second-order valence-corrected chi connectivity index (χ2v) is 3.38. The van der Waals surface area contributed by atoms with Gasteiger partial charge in [0.1, 0.15) is 5.65 Å². The van der Waals surface area contributed by atoms with Crippen molar-refractivity contribution in [3.05, 3.63) is 35.3 Å². The fourth-order valence-corrected chi connectivity index (χ4v) is 1.70. The number of imidazole rings is 1. The molecule has 0 aliphatic carbocycles. The van der Waals surface area contributed by atoms with Gasteiger partial charge in [-0.05, 0) is 31.9 Å². The number of aromatic nitrogens is 2. The van der Waals surface area contributed by atoms with Crippen molar-refractivity contribution in [3.8, 4) is 0 Å². The number of hydrogen-bond donors (Lipinski definition) is 0. The molecule has 2 heteroatoms. The summed E-state index contributed by atoms with van der Waals surface area (Å²) in [6, 6.07) is 4.16. The zero-order valence-corrected chi connectivity index (χ0v) is 8.33. The van der Waals surface area contributed by atoms with E-state index in [4.69, 9.17) is 0 Å². The molecular weight excluding hydrogens is 160 g/mol. The third kappa shape index (κ3) is 1.13. The van der Waals surface area contributed by atoms with Gasteiger partial charge in [-0.25, -0.2) is 4.98 Å². The predicted octanol–water partition coefficient (Wildman–Crippen LogP) is 2.51. The van der Waals surface area contributed by atoms with Crippen LogP contribution in [-0.4, -0.2) is 9.38 Å². The van der Waals surface area contributed by atoms with Crippen molar-refractivity contribution in [2.24, 2.45) is 0 Å². The van der Waals surface area contributed by atoms with Gasteiger partial charge < -0.3 is 4.40 Å². The molecule has 0 aromatic carbocycles. The third-order valence-corrected chi connectivity index (χ3v) is 2.52. The molecule has 2 heterocycles.